The van der Waals surface area contributed by atoms with E-state index in [0.717, 1.165) is 0 Å². The molecule has 0 fully saturated rings. The van der Waals surface area contributed by atoms with Crippen molar-refractivity contribution in [1.82, 2.24) is 0 Å². The predicted octanol–water partition coefficient (Wildman–Crippen LogP) is 4.60. The van der Waals surface area contributed by atoms with Gasteiger partial charge in [0.15, 0.2) is 0 Å². The fourth-order valence-corrected chi connectivity index (χ4v) is 2.07. The van der Waals surface area contributed by atoms with Crippen molar-refractivity contribution in [2.75, 3.05) is 10.6 Å². The summed E-state index contributed by atoms with van der Waals surface area (Å²) in [6.07, 6.45) is 0. The molecule has 0 saturated heterocycles. The quantitative estimate of drug-likeness (QED) is 0.791. The summed E-state index contributed by atoms with van der Waals surface area (Å²) in [6, 6.07) is 13.5. The summed E-state index contributed by atoms with van der Waals surface area (Å²) >= 11 is 11.8. The zero-order valence-electron chi connectivity index (χ0n) is 12.7. The number of carbonyl (C=O) groups is 2. The van der Waals surface area contributed by atoms with Crippen LogP contribution in [-0.2, 0) is 9.59 Å². The first kappa shape index (κ1) is 17.3. The van der Waals surface area contributed by atoms with Gasteiger partial charge < -0.3 is 10.6 Å². The summed E-state index contributed by atoms with van der Waals surface area (Å²) in [5.41, 5.74) is -0.247. The van der Waals surface area contributed by atoms with Gasteiger partial charge in [-0.2, -0.15) is 0 Å². The van der Waals surface area contributed by atoms with Crippen molar-refractivity contribution in [2.24, 2.45) is 5.41 Å². The predicted molar refractivity (Wildman–Crippen MR) is 93.9 cm³/mol. The highest BCUT2D eigenvalue weighted by Gasteiger charge is 2.36. The summed E-state index contributed by atoms with van der Waals surface area (Å²) in [6.45, 7) is 3.09. The van der Waals surface area contributed by atoms with E-state index < -0.39 is 17.2 Å². The number of para-hydroxylation sites is 1. The van der Waals surface area contributed by atoms with Crippen molar-refractivity contribution < 1.29 is 9.59 Å². The molecule has 120 valence electrons. The summed E-state index contributed by atoms with van der Waals surface area (Å²) in [7, 11) is 0. The molecule has 23 heavy (non-hydrogen) atoms. The number of anilines is 2. The molecule has 0 atom stereocenters. The Bertz CT molecular complexity index is 728. The van der Waals surface area contributed by atoms with Gasteiger partial charge in [0.05, 0.1) is 10.7 Å². The molecule has 6 heteroatoms. The van der Waals surface area contributed by atoms with Gasteiger partial charge in [0.2, 0.25) is 11.8 Å². The number of benzene rings is 2. The smallest absolute Gasteiger partial charge is 0.239 e. The highest BCUT2D eigenvalue weighted by atomic mass is 35.5. The van der Waals surface area contributed by atoms with Crippen molar-refractivity contribution in [3.63, 3.8) is 0 Å². The standard InChI is InChI=1S/C17H16Cl2N2O2/c1-17(2,15(22)20-12-9-7-11(18)8-10-12)16(23)21-14-6-4-3-5-13(14)19/h3-10H,1-2H3,(H,20,22)(H,21,23). The van der Waals surface area contributed by atoms with Crippen LogP contribution in [0.15, 0.2) is 48.5 Å². The Morgan fingerprint density at radius 3 is 2.04 bits per heavy atom. The lowest BCUT2D eigenvalue weighted by atomic mass is 9.90. The van der Waals surface area contributed by atoms with Crippen LogP contribution in [0.4, 0.5) is 11.4 Å². The van der Waals surface area contributed by atoms with Gasteiger partial charge in [-0.1, -0.05) is 35.3 Å². The number of rotatable bonds is 4. The molecule has 0 spiro atoms. The van der Waals surface area contributed by atoms with Crippen LogP contribution in [0.5, 0.6) is 0 Å². The Morgan fingerprint density at radius 2 is 1.43 bits per heavy atom. The maximum absolute atomic E-state index is 12.4. The van der Waals surface area contributed by atoms with Crippen LogP contribution in [0.3, 0.4) is 0 Å². The first-order valence-electron chi connectivity index (χ1n) is 6.93. The Kier molecular flexibility index (Phi) is 5.29. The van der Waals surface area contributed by atoms with Crippen LogP contribution >= 0.6 is 23.2 Å². The average molecular weight is 351 g/mol. The lowest BCUT2D eigenvalue weighted by molar-refractivity contribution is -0.135. The summed E-state index contributed by atoms with van der Waals surface area (Å²) < 4.78 is 0. The Labute approximate surface area is 144 Å². The first-order valence-corrected chi connectivity index (χ1v) is 7.69. The van der Waals surface area contributed by atoms with Crippen LogP contribution in [0.1, 0.15) is 13.8 Å². The fourth-order valence-electron chi connectivity index (χ4n) is 1.76. The van der Waals surface area contributed by atoms with E-state index in [1.807, 2.05) is 0 Å². The van der Waals surface area contributed by atoms with E-state index in [1.54, 1.807) is 62.4 Å². The lowest BCUT2D eigenvalue weighted by Crippen LogP contribution is -2.41. The minimum Gasteiger partial charge on any atom is -0.325 e. The third-order valence-electron chi connectivity index (χ3n) is 3.36. The molecule has 0 aliphatic heterocycles. The van der Waals surface area contributed by atoms with E-state index in [2.05, 4.69) is 10.6 Å². The molecular weight excluding hydrogens is 335 g/mol. The molecule has 2 rings (SSSR count). The Morgan fingerprint density at radius 1 is 0.870 bits per heavy atom. The van der Waals surface area contributed by atoms with E-state index in [9.17, 15) is 9.59 Å². The molecule has 0 aliphatic rings. The molecule has 2 aromatic rings. The fraction of sp³-hybridized carbons (Fsp3) is 0.176. The Balaban J connectivity index is 2.10. The van der Waals surface area contributed by atoms with Crippen LogP contribution in [0.25, 0.3) is 0 Å². The number of hydrogen-bond donors (Lipinski definition) is 2. The molecule has 0 heterocycles. The number of hydrogen-bond acceptors (Lipinski definition) is 2. The molecule has 2 aromatic carbocycles. The monoisotopic (exact) mass is 350 g/mol. The molecular formula is C17H16Cl2N2O2. The van der Waals surface area contributed by atoms with Gasteiger partial charge in [-0.3, -0.25) is 9.59 Å². The van der Waals surface area contributed by atoms with E-state index in [1.165, 1.54) is 0 Å². The molecule has 0 bridgehead atoms. The minimum absolute atomic E-state index is 0.412. The van der Waals surface area contributed by atoms with Crippen LogP contribution in [-0.4, -0.2) is 11.8 Å². The summed E-state index contributed by atoms with van der Waals surface area (Å²) in [4.78, 5) is 24.8. The van der Waals surface area contributed by atoms with Gasteiger partial charge in [0, 0.05) is 10.7 Å². The van der Waals surface area contributed by atoms with E-state index in [0.29, 0.717) is 21.4 Å². The number of nitrogens with one attached hydrogen (secondary N) is 2. The largest absolute Gasteiger partial charge is 0.325 e. The molecule has 2 N–H and O–H groups in total. The summed E-state index contributed by atoms with van der Waals surface area (Å²) in [5.74, 6) is -0.874. The van der Waals surface area contributed by atoms with Gasteiger partial charge >= 0.3 is 0 Å². The van der Waals surface area contributed by atoms with E-state index in [4.69, 9.17) is 23.2 Å². The SMILES string of the molecule is CC(C)(C(=O)Nc1ccc(Cl)cc1)C(=O)Nc1ccccc1Cl. The van der Waals surface area contributed by atoms with Gasteiger partial charge in [-0.25, -0.2) is 0 Å². The second kappa shape index (κ2) is 7.02. The van der Waals surface area contributed by atoms with Crippen molar-refractivity contribution in [1.29, 1.82) is 0 Å². The molecule has 0 aromatic heterocycles. The number of amides is 2. The van der Waals surface area contributed by atoms with Crippen molar-refractivity contribution in [3.8, 4) is 0 Å². The topological polar surface area (TPSA) is 58.2 Å². The van der Waals surface area contributed by atoms with Crippen molar-refractivity contribution in [3.05, 3.63) is 58.6 Å². The highest BCUT2D eigenvalue weighted by Crippen LogP contribution is 2.25. The van der Waals surface area contributed by atoms with E-state index >= 15 is 0 Å². The van der Waals surface area contributed by atoms with Crippen LogP contribution in [0, 0.1) is 5.41 Å². The molecule has 2 amide bonds. The van der Waals surface area contributed by atoms with Gasteiger partial charge in [0.1, 0.15) is 5.41 Å². The lowest BCUT2D eigenvalue weighted by Gasteiger charge is -2.23. The third kappa shape index (κ3) is 4.24. The minimum atomic E-state index is -1.28. The zero-order chi connectivity index (χ0) is 17.0. The van der Waals surface area contributed by atoms with Crippen molar-refractivity contribution >= 4 is 46.4 Å². The second-order valence-corrected chi connectivity index (χ2v) is 6.36. The molecule has 4 nitrogen and oxygen atoms in total. The van der Waals surface area contributed by atoms with Gasteiger partial charge in [-0.15, -0.1) is 0 Å². The highest BCUT2D eigenvalue weighted by molar-refractivity contribution is 6.34. The van der Waals surface area contributed by atoms with Gasteiger partial charge in [0.25, 0.3) is 0 Å². The van der Waals surface area contributed by atoms with E-state index in [-0.39, 0.29) is 0 Å². The molecule has 0 unspecified atom stereocenters. The molecule has 0 radical (unpaired) electrons. The third-order valence-corrected chi connectivity index (χ3v) is 3.94. The van der Waals surface area contributed by atoms with Crippen LogP contribution in [0.2, 0.25) is 10.0 Å². The van der Waals surface area contributed by atoms with Crippen molar-refractivity contribution in [2.45, 2.75) is 13.8 Å². The average Bonchev–Trinajstić information content (AvgIpc) is 2.51. The van der Waals surface area contributed by atoms with Gasteiger partial charge in [-0.05, 0) is 50.2 Å². The second-order valence-electron chi connectivity index (χ2n) is 5.52. The Hall–Kier alpha value is -2.04. The first-order chi connectivity index (χ1) is 10.8. The zero-order valence-corrected chi connectivity index (χ0v) is 14.2. The maximum atomic E-state index is 12.4. The number of carbonyl (C=O) groups excluding carboxylic acids is 2. The molecule has 0 aliphatic carbocycles. The maximum Gasteiger partial charge on any atom is 0.239 e. The van der Waals surface area contributed by atoms with Crippen LogP contribution < -0.4 is 10.6 Å². The molecule has 0 saturated carbocycles. The summed E-state index contributed by atoms with van der Waals surface area (Å²) in [5, 5.41) is 6.35. The number of halogens is 2. The normalized spacial score (nSPS) is 11.0.